The van der Waals surface area contributed by atoms with Crippen molar-refractivity contribution in [2.75, 3.05) is 35.7 Å². The zero-order valence-electron chi connectivity index (χ0n) is 12.4. The van der Waals surface area contributed by atoms with Gasteiger partial charge in [-0.1, -0.05) is 13.8 Å². The van der Waals surface area contributed by atoms with Crippen LogP contribution in [0.4, 0.5) is 17.6 Å². The predicted octanol–water partition coefficient (Wildman–Crippen LogP) is -0.349. The van der Waals surface area contributed by atoms with Gasteiger partial charge in [0.15, 0.2) is 0 Å². The first-order chi connectivity index (χ1) is 9.65. The van der Waals surface area contributed by atoms with E-state index in [1.165, 1.54) is 6.26 Å². The highest BCUT2D eigenvalue weighted by atomic mass is 32.2. The van der Waals surface area contributed by atoms with Gasteiger partial charge in [0.2, 0.25) is 16.0 Å². The smallest absolute Gasteiger partial charge is 0.223 e. The van der Waals surface area contributed by atoms with E-state index in [0.29, 0.717) is 30.6 Å². The summed E-state index contributed by atoms with van der Waals surface area (Å²) < 4.78 is 25.7. The normalized spacial score (nSPS) is 23.0. The SMILES string of the molecule is CC(C)[C@@H]1CN(c2cc(N)nc(N)n2)C[C@H]1NS(C)(=O)=O. The molecule has 8 nitrogen and oxygen atoms in total. The summed E-state index contributed by atoms with van der Waals surface area (Å²) in [7, 11) is -3.25. The fourth-order valence-corrected chi connectivity index (χ4v) is 3.52. The molecule has 0 bridgehead atoms. The molecule has 2 atom stereocenters. The number of nitrogens with zero attached hydrogens (tertiary/aromatic N) is 3. The van der Waals surface area contributed by atoms with Gasteiger partial charge in [0.05, 0.1) is 6.26 Å². The monoisotopic (exact) mass is 314 g/mol. The van der Waals surface area contributed by atoms with Crippen LogP contribution in [0.5, 0.6) is 0 Å². The molecular formula is C12H22N6O2S. The van der Waals surface area contributed by atoms with Gasteiger partial charge in [-0.2, -0.15) is 9.97 Å². The van der Waals surface area contributed by atoms with Crippen LogP contribution >= 0.6 is 0 Å². The third-order valence-corrected chi connectivity index (χ3v) is 4.39. The molecule has 2 heterocycles. The Morgan fingerprint density at radius 3 is 2.52 bits per heavy atom. The summed E-state index contributed by atoms with van der Waals surface area (Å²) in [5, 5.41) is 0. The van der Waals surface area contributed by atoms with Crippen LogP contribution in [0.1, 0.15) is 13.8 Å². The highest BCUT2D eigenvalue weighted by Gasteiger charge is 2.36. The highest BCUT2D eigenvalue weighted by molar-refractivity contribution is 7.88. The number of aromatic nitrogens is 2. The van der Waals surface area contributed by atoms with Gasteiger partial charge in [-0.05, 0) is 11.8 Å². The Morgan fingerprint density at radius 2 is 2.00 bits per heavy atom. The standard InChI is InChI=1S/C12H22N6O2S/c1-7(2)8-5-18(6-9(8)17-21(3,19)20)11-4-10(13)15-12(14)16-11/h4,7-9,17H,5-6H2,1-3H3,(H4,13,14,15,16)/t8-,9+/m0/s1. The van der Waals surface area contributed by atoms with Crippen molar-refractivity contribution in [2.24, 2.45) is 11.8 Å². The van der Waals surface area contributed by atoms with Crippen molar-refractivity contribution in [2.45, 2.75) is 19.9 Å². The molecule has 9 heteroatoms. The lowest BCUT2D eigenvalue weighted by Crippen LogP contribution is -2.41. The molecule has 0 saturated carbocycles. The van der Waals surface area contributed by atoms with Crippen molar-refractivity contribution >= 4 is 27.6 Å². The van der Waals surface area contributed by atoms with Gasteiger partial charge in [0.25, 0.3) is 0 Å². The Morgan fingerprint density at radius 1 is 1.33 bits per heavy atom. The third-order valence-electron chi connectivity index (χ3n) is 3.66. The van der Waals surface area contributed by atoms with E-state index < -0.39 is 10.0 Å². The van der Waals surface area contributed by atoms with E-state index in [1.54, 1.807) is 6.07 Å². The lowest BCUT2D eigenvalue weighted by Gasteiger charge is -2.21. The fraction of sp³-hybridized carbons (Fsp3) is 0.667. The van der Waals surface area contributed by atoms with Crippen LogP contribution in [-0.4, -0.2) is 43.8 Å². The number of hydrogen-bond acceptors (Lipinski definition) is 7. The number of rotatable bonds is 4. The second kappa shape index (κ2) is 5.64. The summed E-state index contributed by atoms with van der Waals surface area (Å²) in [5.41, 5.74) is 11.3. The summed E-state index contributed by atoms with van der Waals surface area (Å²) in [4.78, 5) is 10.0. The van der Waals surface area contributed by atoms with Gasteiger partial charge in [0.1, 0.15) is 11.6 Å². The molecule has 118 valence electrons. The van der Waals surface area contributed by atoms with Crippen LogP contribution < -0.4 is 21.1 Å². The number of nitrogens with one attached hydrogen (secondary N) is 1. The zero-order valence-corrected chi connectivity index (χ0v) is 13.3. The third kappa shape index (κ3) is 3.94. The minimum absolute atomic E-state index is 0.116. The molecule has 0 aliphatic carbocycles. The first kappa shape index (κ1) is 15.8. The Labute approximate surface area is 125 Å². The van der Waals surface area contributed by atoms with Crippen molar-refractivity contribution in [3.63, 3.8) is 0 Å². The number of anilines is 3. The maximum Gasteiger partial charge on any atom is 0.223 e. The zero-order chi connectivity index (χ0) is 15.8. The quantitative estimate of drug-likeness (QED) is 0.693. The molecule has 0 radical (unpaired) electrons. The predicted molar refractivity (Wildman–Crippen MR) is 83.2 cm³/mol. The Kier molecular flexibility index (Phi) is 4.24. The topological polar surface area (TPSA) is 127 Å². The first-order valence-corrected chi connectivity index (χ1v) is 8.67. The maximum atomic E-state index is 11.5. The highest BCUT2D eigenvalue weighted by Crippen LogP contribution is 2.29. The van der Waals surface area contributed by atoms with Crippen molar-refractivity contribution in [3.05, 3.63) is 6.07 Å². The molecule has 1 aliphatic rings. The molecule has 1 saturated heterocycles. The summed E-state index contributed by atoms with van der Waals surface area (Å²) >= 11 is 0. The van der Waals surface area contributed by atoms with Crippen molar-refractivity contribution < 1.29 is 8.42 Å². The van der Waals surface area contributed by atoms with Crippen LogP contribution in [0.15, 0.2) is 6.07 Å². The number of sulfonamides is 1. The lowest BCUT2D eigenvalue weighted by atomic mass is 9.92. The number of nitrogen functional groups attached to an aromatic ring is 2. The molecule has 1 fully saturated rings. The van der Waals surface area contributed by atoms with E-state index in [-0.39, 0.29) is 17.9 Å². The second-order valence-electron chi connectivity index (χ2n) is 5.82. The van der Waals surface area contributed by atoms with E-state index in [1.807, 2.05) is 4.90 Å². The summed E-state index contributed by atoms with van der Waals surface area (Å²) in [6, 6.07) is 1.49. The van der Waals surface area contributed by atoms with Crippen LogP contribution in [0.3, 0.4) is 0 Å². The summed E-state index contributed by atoms with van der Waals surface area (Å²) in [5.74, 6) is 1.58. The molecule has 1 aromatic heterocycles. The molecule has 1 aromatic rings. The molecular weight excluding hydrogens is 292 g/mol. The molecule has 0 amide bonds. The van der Waals surface area contributed by atoms with Crippen molar-refractivity contribution in [1.29, 1.82) is 0 Å². The van der Waals surface area contributed by atoms with Crippen molar-refractivity contribution in [3.8, 4) is 0 Å². The van der Waals surface area contributed by atoms with Gasteiger partial charge >= 0.3 is 0 Å². The summed E-state index contributed by atoms with van der Waals surface area (Å²) in [6.45, 7) is 5.38. The van der Waals surface area contributed by atoms with E-state index in [0.717, 1.165) is 0 Å². The number of hydrogen-bond donors (Lipinski definition) is 3. The van der Waals surface area contributed by atoms with Gasteiger partial charge in [-0.25, -0.2) is 13.1 Å². The van der Waals surface area contributed by atoms with Crippen molar-refractivity contribution in [1.82, 2.24) is 14.7 Å². The van der Waals surface area contributed by atoms with Gasteiger partial charge < -0.3 is 16.4 Å². The van der Waals surface area contributed by atoms with Crippen LogP contribution in [0.25, 0.3) is 0 Å². The lowest BCUT2D eigenvalue weighted by molar-refractivity contribution is 0.365. The Balaban J connectivity index is 2.24. The Hall–Kier alpha value is -1.61. The van der Waals surface area contributed by atoms with Crippen LogP contribution in [0, 0.1) is 11.8 Å². The molecule has 0 aromatic carbocycles. The van der Waals surface area contributed by atoms with Gasteiger partial charge in [-0.15, -0.1) is 0 Å². The molecule has 21 heavy (non-hydrogen) atoms. The van der Waals surface area contributed by atoms with E-state index in [4.69, 9.17) is 11.5 Å². The summed E-state index contributed by atoms with van der Waals surface area (Å²) in [6.07, 6.45) is 1.17. The van der Waals surface area contributed by atoms with Gasteiger partial charge in [0, 0.05) is 25.2 Å². The van der Waals surface area contributed by atoms with Crippen LogP contribution in [-0.2, 0) is 10.0 Å². The molecule has 0 spiro atoms. The molecule has 1 aliphatic heterocycles. The number of nitrogens with two attached hydrogens (primary N) is 2. The van der Waals surface area contributed by atoms with E-state index >= 15 is 0 Å². The molecule has 5 N–H and O–H groups in total. The van der Waals surface area contributed by atoms with E-state index in [2.05, 4.69) is 28.5 Å². The molecule has 0 unspecified atom stereocenters. The average molecular weight is 314 g/mol. The Bertz CT molecular complexity index is 598. The maximum absolute atomic E-state index is 11.5. The average Bonchev–Trinajstić information content (AvgIpc) is 2.69. The minimum atomic E-state index is -3.25. The van der Waals surface area contributed by atoms with Crippen LogP contribution in [0.2, 0.25) is 0 Å². The fourth-order valence-electron chi connectivity index (χ4n) is 2.72. The van der Waals surface area contributed by atoms with E-state index in [9.17, 15) is 8.42 Å². The first-order valence-electron chi connectivity index (χ1n) is 6.78. The van der Waals surface area contributed by atoms with Gasteiger partial charge in [-0.3, -0.25) is 0 Å². The molecule has 2 rings (SSSR count). The second-order valence-corrected chi connectivity index (χ2v) is 7.60. The minimum Gasteiger partial charge on any atom is -0.383 e. The largest absolute Gasteiger partial charge is 0.383 e.